The molecule has 5 nitrogen and oxygen atoms in total. The summed E-state index contributed by atoms with van der Waals surface area (Å²) in [6, 6.07) is 8.92. The summed E-state index contributed by atoms with van der Waals surface area (Å²) in [4.78, 5) is 12.3. The molecule has 0 saturated carbocycles. The Morgan fingerprint density at radius 2 is 1.90 bits per heavy atom. The number of methoxy groups -OCH3 is 2. The van der Waals surface area contributed by atoms with E-state index in [0.29, 0.717) is 23.6 Å². The van der Waals surface area contributed by atoms with Gasteiger partial charge in [-0.2, -0.15) is 0 Å². The second-order valence-corrected chi connectivity index (χ2v) is 4.52. The molecule has 0 aliphatic rings. The zero-order chi connectivity index (χ0) is 15.4. The molecule has 0 atom stereocenters. The fourth-order valence-corrected chi connectivity index (χ4v) is 2.30. The maximum atomic E-state index is 12.3. The highest BCUT2D eigenvalue weighted by Crippen LogP contribution is 2.32. The van der Waals surface area contributed by atoms with Gasteiger partial charge in [0.25, 0.3) is 5.56 Å². The van der Waals surface area contributed by atoms with Crippen LogP contribution in [-0.4, -0.2) is 23.9 Å². The molecule has 1 aromatic heterocycles. The highest BCUT2D eigenvalue weighted by Gasteiger charge is 2.13. The van der Waals surface area contributed by atoms with Gasteiger partial charge >= 0.3 is 0 Å². The fourth-order valence-electron chi connectivity index (χ4n) is 2.30. The molecule has 0 aliphatic heterocycles. The SMILES string of the molecule is CCn1c(-c2ccc(OC)cc2OC)ccc(CO)c1=O. The molecule has 1 heterocycles. The van der Waals surface area contributed by atoms with E-state index >= 15 is 0 Å². The summed E-state index contributed by atoms with van der Waals surface area (Å²) < 4.78 is 12.2. The highest BCUT2D eigenvalue weighted by atomic mass is 16.5. The van der Waals surface area contributed by atoms with Crippen molar-refractivity contribution in [1.82, 2.24) is 4.57 Å². The Balaban J connectivity index is 2.67. The van der Waals surface area contributed by atoms with Gasteiger partial charge in [-0.25, -0.2) is 0 Å². The first-order chi connectivity index (χ1) is 10.2. The molecular formula is C16H19NO4. The normalized spacial score (nSPS) is 10.5. The number of rotatable bonds is 5. The zero-order valence-electron chi connectivity index (χ0n) is 12.4. The summed E-state index contributed by atoms with van der Waals surface area (Å²) >= 11 is 0. The molecular weight excluding hydrogens is 270 g/mol. The van der Waals surface area contributed by atoms with Crippen molar-refractivity contribution in [3.8, 4) is 22.8 Å². The number of benzene rings is 1. The molecule has 21 heavy (non-hydrogen) atoms. The Morgan fingerprint density at radius 1 is 1.14 bits per heavy atom. The van der Waals surface area contributed by atoms with Gasteiger partial charge in [0.2, 0.25) is 0 Å². The third-order valence-electron chi connectivity index (χ3n) is 3.42. The number of nitrogens with zero attached hydrogens (tertiary/aromatic N) is 1. The molecule has 5 heteroatoms. The molecule has 0 fully saturated rings. The largest absolute Gasteiger partial charge is 0.497 e. The lowest BCUT2D eigenvalue weighted by molar-refractivity contribution is 0.279. The molecule has 0 bridgehead atoms. The van der Waals surface area contributed by atoms with Crippen LogP contribution in [0.4, 0.5) is 0 Å². The minimum atomic E-state index is -0.265. The van der Waals surface area contributed by atoms with Crippen LogP contribution in [0.25, 0.3) is 11.3 Å². The van der Waals surface area contributed by atoms with E-state index in [0.717, 1.165) is 11.3 Å². The minimum Gasteiger partial charge on any atom is -0.497 e. The topological polar surface area (TPSA) is 60.7 Å². The summed E-state index contributed by atoms with van der Waals surface area (Å²) in [6.07, 6.45) is 0. The van der Waals surface area contributed by atoms with Crippen molar-refractivity contribution in [2.24, 2.45) is 0 Å². The van der Waals surface area contributed by atoms with Gasteiger partial charge in [0, 0.05) is 23.7 Å². The van der Waals surface area contributed by atoms with Crippen molar-refractivity contribution in [3.63, 3.8) is 0 Å². The third-order valence-corrected chi connectivity index (χ3v) is 3.42. The summed E-state index contributed by atoms with van der Waals surface area (Å²) in [5.41, 5.74) is 1.75. The van der Waals surface area contributed by atoms with Crippen LogP contribution in [0.5, 0.6) is 11.5 Å². The Labute approximate surface area is 123 Å². The molecule has 0 amide bonds. The van der Waals surface area contributed by atoms with Crippen LogP contribution in [0.15, 0.2) is 35.1 Å². The van der Waals surface area contributed by atoms with E-state index in [1.807, 2.05) is 25.1 Å². The van der Waals surface area contributed by atoms with E-state index in [1.54, 1.807) is 30.9 Å². The van der Waals surface area contributed by atoms with Crippen molar-refractivity contribution in [3.05, 3.63) is 46.2 Å². The van der Waals surface area contributed by atoms with Crippen LogP contribution in [0.2, 0.25) is 0 Å². The summed E-state index contributed by atoms with van der Waals surface area (Å²) in [5.74, 6) is 1.32. The first kappa shape index (κ1) is 15.1. The van der Waals surface area contributed by atoms with Gasteiger partial charge in [0.15, 0.2) is 0 Å². The molecule has 0 unspecified atom stereocenters. The van der Waals surface area contributed by atoms with E-state index in [-0.39, 0.29) is 12.2 Å². The number of hydrogen-bond donors (Lipinski definition) is 1. The van der Waals surface area contributed by atoms with Gasteiger partial charge in [-0.15, -0.1) is 0 Å². The lowest BCUT2D eigenvalue weighted by Crippen LogP contribution is -2.24. The van der Waals surface area contributed by atoms with Gasteiger partial charge in [-0.05, 0) is 31.2 Å². The van der Waals surface area contributed by atoms with Crippen molar-refractivity contribution >= 4 is 0 Å². The molecule has 1 N–H and O–H groups in total. The summed E-state index contributed by atoms with van der Waals surface area (Å²) in [7, 11) is 3.17. The zero-order valence-corrected chi connectivity index (χ0v) is 12.4. The molecule has 2 aromatic rings. The summed E-state index contributed by atoms with van der Waals surface area (Å²) in [5, 5.41) is 9.21. The van der Waals surface area contributed by atoms with Crippen molar-refractivity contribution in [2.45, 2.75) is 20.1 Å². The smallest absolute Gasteiger partial charge is 0.256 e. The Morgan fingerprint density at radius 3 is 2.48 bits per heavy atom. The fraction of sp³-hybridized carbons (Fsp3) is 0.312. The van der Waals surface area contributed by atoms with Gasteiger partial charge < -0.3 is 19.1 Å². The van der Waals surface area contributed by atoms with Crippen molar-refractivity contribution < 1.29 is 14.6 Å². The predicted octanol–water partition coefficient (Wildman–Crippen LogP) is 2.04. The first-order valence-electron chi connectivity index (χ1n) is 6.72. The Bertz CT molecular complexity index is 691. The molecule has 1 aromatic carbocycles. The van der Waals surface area contributed by atoms with E-state index in [4.69, 9.17) is 9.47 Å². The van der Waals surface area contributed by atoms with Gasteiger partial charge in [0.1, 0.15) is 11.5 Å². The second kappa shape index (κ2) is 6.45. The molecule has 112 valence electrons. The Kier molecular flexibility index (Phi) is 4.65. The van der Waals surface area contributed by atoms with E-state index in [2.05, 4.69) is 0 Å². The highest BCUT2D eigenvalue weighted by molar-refractivity contribution is 5.69. The van der Waals surface area contributed by atoms with Crippen LogP contribution in [0, 0.1) is 0 Å². The third kappa shape index (κ3) is 2.78. The van der Waals surface area contributed by atoms with Crippen molar-refractivity contribution in [1.29, 1.82) is 0 Å². The van der Waals surface area contributed by atoms with Gasteiger partial charge in [-0.3, -0.25) is 4.79 Å². The molecule has 0 aliphatic carbocycles. The van der Waals surface area contributed by atoms with Gasteiger partial charge in [-0.1, -0.05) is 0 Å². The minimum absolute atomic E-state index is 0.185. The number of aromatic nitrogens is 1. The average molecular weight is 289 g/mol. The monoisotopic (exact) mass is 289 g/mol. The predicted molar refractivity (Wildman–Crippen MR) is 80.8 cm³/mol. The van der Waals surface area contributed by atoms with E-state index in [9.17, 15) is 9.90 Å². The molecule has 2 rings (SSSR count). The van der Waals surface area contributed by atoms with Crippen LogP contribution >= 0.6 is 0 Å². The molecule has 0 radical (unpaired) electrons. The maximum absolute atomic E-state index is 12.3. The van der Waals surface area contributed by atoms with E-state index < -0.39 is 0 Å². The lowest BCUT2D eigenvalue weighted by Gasteiger charge is -2.16. The van der Waals surface area contributed by atoms with Crippen LogP contribution in [0.3, 0.4) is 0 Å². The summed E-state index contributed by atoms with van der Waals surface area (Å²) in [6.45, 7) is 2.14. The quantitative estimate of drug-likeness (QED) is 0.915. The number of aliphatic hydroxyl groups is 1. The first-order valence-corrected chi connectivity index (χ1v) is 6.72. The van der Waals surface area contributed by atoms with Crippen LogP contribution < -0.4 is 15.0 Å². The molecule has 0 spiro atoms. The average Bonchev–Trinajstić information content (AvgIpc) is 2.53. The molecule has 0 saturated heterocycles. The van der Waals surface area contributed by atoms with Gasteiger partial charge in [0.05, 0.1) is 26.5 Å². The van der Waals surface area contributed by atoms with E-state index in [1.165, 1.54) is 0 Å². The number of pyridine rings is 1. The maximum Gasteiger partial charge on any atom is 0.256 e. The van der Waals surface area contributed by atoms with Crippen LogP contribution in [0.1, 0.15) is 12.5 Å². The van der Waals surface area contributed by atoms with Crippen LogP contribution in [-0.2, 0) is 13.2 Å². The number of aliphatic hydroxyl groups excluding tert-OH is 1. The lowest BCUT2D eigenvalue weighted by atomic mass is 10.1. The Hall–Kier alpha value is -2.27. The number of hydrogen-bond acceptors (Lipinski definition) is 4. The standard InChI is InChI=1S/C16H19NO4/c1-4-17-14(8-5-11(10-18)16(17)19)13-7-6-12(20-2)9-15(13)21-3/h5-9,18H,4,10H2,1-3H3. The number of ether oxygens (including phenoxy) is 2. The second-order valence-electron chi connectivity index (χ2n) is 4.52. The van der Waals surface area contributed by atoms with Crippen molar-refractivity contribution in [2.75, 3.05) is 14.2 Å².